The molecule has 1 fully saturated rings. The van der Waals surface area contributed by atoms with E-state index in [0.717, 1.165) is 11.8 Å². The van der Waals surface area contributed by atoms with Crippen molar-refractivity contribution in [2.24, 2.45) is 17.3 Å². The van der Waals surface area contributed by atoms with E-state index in [1.807, 2.05) is 0 Å². The van der Waals surface area contributed by atoms with Crippen LogP contribution in [0.3, 0.4) is 0 Å². The zero-order chi connectivity index (χ0) is 7.07. The van der Waals surface area contributed by atoms with Gasteiger partial charge in [-0.15, -0.1) is 0 Å². The first-order valence-electron chi connectivity index (χ1n) is 4.05. The van der Waals surface area contributed by atoms with Crippen molar-refractivity contribution in [3.8, 4) is 0 Å². The van der Waals surface area contributed by atoms with Crippen molar-refractivity contribution in [2.45, 2.75) is 40.5 Å². The van der Waals surface area contributed by atoms with Gasteiger partial charge in [0.15, 0.2) is 0 Å². The predicted molar refractivity (Wildman–Crippen MR) is 41.3 cm³/mol. The SMILES string of the molecule is C[C@@H]1CC[C@H](C)C1(C)C. The average Bonchev–Trinajstić information content (AvgIpc) is 1.96. The Morgan fingerprint density at radius 2 is 1.33 bits per heavy atom. The smallest absolute Gasteiger partial charge is 0.0303 e. The second-order valence-electron chi connectivity index (χ2n) is 4.20. The third-order valence-electron chi connectivity index (χ3n) is 3.57. The van der Waals surface area contributed by atoms with Crippen molar-refractivity contribution >= 4 is 0 Å². The highest BCUT2D eigenvalue weighted by molar-refractivity contribution is 4.86. The van der Waals surface area contributed by atoms with Crippen molar-refractivity contribution in [3.05, 3.63) is 0 Å². The predicted octanol–water partition coefficient (Wildman–Crippen LogP) is 3.08. The van der Waals surface area contributed by atoms with Crippen LogP contribution in [-0.4, -0.2) is 0 Å². The lowest BCUT2D eigenvalue weighted by atomic mass is 9.77. The molecule has 0 aromatic carbocycles. The summed E-state index contributed by atoms with van der Waals surface area (Å²) in [5, 5.41) is 0. The minimum absolute atomic E-state index is 0.611. The van der Waals surface area contributed by atoms with E-state index in [9.17, 15) is 0 Å². The Balaban J connectivity index is 2.66. The molecule has 0 amide bonds. The second kappa shape index (κ2) is 2.00. The van der Waals surface area contributed by atoms with Gasteiger partial charge in [0.1, 0.15) is 0 Å². The van der Waals surface area contributed by atoms with E-state index >= 15 is 0 Å². The highest BCUT2D eigenvalue weighted by atomic mass is 14.4. The Morgan fingerprint density at radius 3 is 1.44 bits per heavy atom. The van der Waals surface area contributed by atoms with Gasteiger partial charge in [-0.05, 0) is 30.1 Å². The summed E-state index contributed by atoms with van der Waals surface area (Å²) >= 11 is 0. The lowest BCUT2D eigenvalue weighted by Crippen LogP contribution is -2.20. The fraction of sp³-hybridized carbons (Fsp3) is 1.00. The largest absolute Gasteiger partial charge is 0.0620 e. The molecule has 0 heterocycles. The molecule has 0 bridgehead atoms. The van der Waals surface area contributed by atoms with E-state index in [0.29, 0.717) is 5.41 Å². The molecule has 2 atom stereocenters. The Bertz CT molecular complexity index is 90.6. The first kappa shape index (κ1) is 7.11. The van der Waals surface area contributed by atoms with Crippen LogP contribution in [0.2, 0.25) is 0 Å². The molecule has 0 heteroatoms. The van der Waals surface area contributed by atoms with Gasteiger partial charge in [-0.25, -0.2) is 0 Å². The quantitative estimate of drug-likeness (QED) is 0.468. The van der Waals surface area contributed by atoms with Crippen LogP contribution < -0.4 is 0 Å². The van der Waals surface area contributed by atoms with E-state index in [4.69, 9.17) is 0 Å². The zero-order valence-electron chi connectivity index (χ0n) is 7.07. The molecular formula is C9H18. The van der Waals surface area contributed by atoms with Crippen LogP contribution in [0.25, 0.3) is 0 Å². The van der Waals surface area contributed by atoms with Gasteiger partial charge in [0.25, 0.3) is 0 Å². The van der Waals surface area contributed by atoms with Crippen LogP contribution in [0.1, 0.15) is 40.5 Å². The maximum absolute atomic E-state index is 2.40. The summed E-state index contributed by atoms with van der Waals surface area (Å²) < 4.78 is 0. The Morgan fingerprint density at radius 1 is 1.00 bits per heavy atom. The van der Waals surface area contributed by atoms with Crippen LogP contribution >= 0.6 is 0 Å². The number of hydrogen-bond donors (Lipinski definition) is 0. The molecule has 0 nitrogen and oxygen atoms in total. The van der Waals surface area contributed by atoms with Crippen molar-refractivity contribution in [1.29, 1.82) is 0 Å². The summed E-state index contributed by atoms with van der Waals surface area (Å²) in [7, 11) is 0. The third kappa shape index (κ3) is 0.997. The van der Waals surface area contributed by atoms with Gasteiger partial charge in [-0.2, -0.15) is 0 Å². The second-order valence-corrected chi connectivity index (χ2v) is 4.20. The topological polar surface area (TPSA) is 0 Å². The molecule has 1 rings (SSSR count). The molecule has 1 aliphatic rings. The molecule has 9 heavy (non-hydrogen) atoms. The minimum Gasteiger partial charge on any atom is -0.0620 e. The van der Waals surface area contributed by atoms with Crippen LogP contribution in [-0.2, 0) is 0 Å². The first-order valence-corrected chi connectivity index (χ1v) is 4.05. The fourth-order valence-electron chi connectivity index (χ4n) is 1.73. The molecule has 0 radical (unpaired) electrons. The number of hydrogen-bond acceptors (Lipinski definition) is 0. The van der Waals surface area contributed by atoms with E-state index in [1.165, 1.54) is 12.8 Å². The summed E-state index contributed by atoms with van der Waals surface area (Å²) in [6.07, 6.45) is 2.88. The highest BCUT2D eigenvalue weighted by Gasteiger charge is 2.37. The normalized spacial score (nSPS) is 41.3. The summed E-state index contributed by atoms with van der Waals surface area (Å²) in [6, 6.07) is 0. The standard InChI is InChI=1S/C9H18/c1-7-5-6-8(2)9(7,3)4/h7-8H,5-6H2,1-4H3/t7-,8+. The molecular weight excluding hydrogens is 108 g/mol. The van der Waals surface area contributed by atoms with Crippen LogP contribution in [0.15, 0.2) is 0 Å². The lowest BCUT2D eigenvalue weighted by molar-refractivity contribution is 0.212. The van der Waals surface area contributed by atoms with E-state index < -0.39 is 0 Å². The molecule has 0 saturated heterocycles. The van der Waals surface area contributed by atoms with Crippen molar-refractivity contribution < 1.29 is 0 Å². The molecule has 0 N–H and O–H groups in total. The lowest BCUT2D eigenvalue weighted by Gasteiger charge is -2.28. The summed E-state index contributed by atoms with van der Waals surface area (Å²) in [6.45, 7) is 9.55. The molecule has 0 aromatic rings. The average molecular weight is 126 g/mol. The molecule has 1 saturated carbocycles. The van der Waals surface area contributed by atoms with Crippen molar-refractivity contribution in [2.75, 3.05) is 0 Å². The van der Waals surface area contributed by atoms with Gasteiger partial charge >= 0.3 is 0 Å². The van der Waals surface area contributed by atoms with Gasteiger partial charge < -0.3 is 0 Å². The van der Waals surface area contributed by atoms with Gasteiger partial charge in [-0.3, -0.25) is 0 Å². The molecule has 1 aliphatic carbocycles. The van der Waals surface area contributed by atoms with E-state index in [1.54, 1.807) is 0 Å². The monoisotopic (exact) mass is 126 g/mol. The fourth-order valence-corrected chi connectivity index (χ4v) is 1.73. The summed E-state index contributed by atoms with van der Waals surface area (Å²) in [4.78, 5) is 0. The molecule has 54 valence electrons. The van der Waals surface area contributed by atoms with E-state index in [2.05, 4.69) is 27.7 Å². The highest BCUT2D eigenvalue weighted by Crippen LogP contribution is 2.46. The summed E-state index contributed by atoms with van der Waals surface area (Å²) in [5.41, 5.74) is 0.611. The Kier molecular flexibility index (Phi) is 1.58. The first-order chi connectivity index (χ1) is 4.05. The van der Waals surface area contributed by atoms with Gasteiger partial charge in [-0.1, -0.05) is 27.7 Å². The Labute approximate surface area is 58.7 Å². The minimum atomic E-state index is 0.611. The third-order valence-corrected chi connectivity index (χ3v) is 3.57. The molecule has 0 spiro atoms. The van der Waals surface area contributed by atoms with Crippen LogP contribution in [0.5, 0.6) is 0 Å². The molecule has 0 unspecified atom stereocenters. The molecule has 0 aromatic heterocycles. The van der Waals surface area contributed by atoms with Crippen molar-refractivity contribution in [1.82, 2.24) is 0 Å². The number of rotatable bonds is 0. The van der Waals surface area contributed by atoms with Crippen LogP contribution in [0.4, 0.5) is 0 Å². The van der Waals surface area contributed by atoms with E-state index in [-0.39, 0.29) is 0 Å². The van der Waals surface area contributed by atoms with Gasteiger partial charge in [0.05, 0.1) is 0 Å². The maximum Gasteiger partial charge on any atom is -0.0303 e. The summed E-state index contributed by atoms with van der Waals surface area (Å²) in [5.74, 6) is 1.87. The van der Waals surface area contributed by atoms with Crippen LogP contribution in [0, 0.1) is 17.3 Å². The maximum atomic E-state index is 2.40. The van der Waals surface area contributed by atoms with Gasteiger partial charge in [0.2, 0.25) is 0 Å². The Hall–Kier alpha value is 0. The molecule has 0 aliphatic heterocycles. The zero-order valence-corrected chi connectivity index (χ0v) is 7.07. The van der Waals surface area contributed by atoms with Crippen molar-refractivity contribution in [3.63, 3.8) is 0 Å². The van der Waals surface area contributed by atoms with Gasteiger partial charge in [0, 0.05) is 0 Å².